The molecule has 3 heteroatoms. The first-order valence-corrected chi connectivity index (χ1v) is 2.85. The molecule has 0 radical (unpaired) electrons. The lowest BCUT2D eigenvalue weighted by Gasteiger charge is -2.10. The third-order valence-electron chi connectivity index (χ3n) is 1.12. The molecule has 0 aliphatic heterocycles. The number of rotatable bonds is 2. The van der Waals surface area contributed by atoms with Crippen molar-refractivity contribution < 1.29 is 9.59 Å². The van der Waals surface area contributed by atoms with Crippen LogP contribution in [0.4, 0.5) is 0 Å². The Bertz CT molecular complexity index is 131. The van der Waals surface area contributed by atoms with Crippen LogP contribution in [-0.4, -0.2) is 30.2 Å². The molecule has 0 fully saturated rings. The summed E-state index contributed by atoms with van der Waals surface area (Å²) in [6, 6.07) is 0. The molecule has 0 heterocycles. The highest BCUT2D eigenvalue weighted by Gasteiger charge is 2.10. The average molecular weight is 129 g/mol. The summed E-state index contributed by atoms with van der Waals surface area (Å²) in [5, 5.41) is 0. The molecule has 0 aromatic rings. The zero-order chi connectivity index (χ0) is 7.44. The molecule has 0 rings (SSSR count). The fourth-order valence-corrected chi connectivity index (χ4v) is 0.412. The predicted octanol–water partition coefficient (Wildman–Crippen LogP) is 0.0537. The van der Waals surface area contributed by atoms with Crippen LogP contribution in [0.25, 0.3) is 0 Å². The molecule has 0 aromatic heterocycles. The van der Waals surface area contributed by atoms with Gasteiger partial charge in [-0.15, -0.1) is 0 Å². The average Bonchev–Trinajstić information content (AvgIpc) is 1.84. The van der Waals surface area contributed by atoms with Gasteiger partial charge in [-0.3, -0.25) is 9.59 Å². The molecule has 0 unspecified atom stereocenters. The molecule has 0 aliphatic rings. The predicted molar refractivity (Wildman–Crippen MR) is 34.0 cm³/mol. The summed E-state index contributed by atoms with van der Waals surface area (Å²) in [7, 11) is 1.60. The Balaban J connectivity index is 3.88. The number of ketones is 1. The van der Waals surface area contributed by atoms with Crippen molar-refractivity contribution in [1.82, 2.24) is 4.90 Å². The first-order chi connectivity index (χ1) is 4.09. The lowest BCUT2D eigenvalue weighted by atomic mass is 10.4. The maximum absolute atomic E-state index is 10.7. The van der Waals surface area contributed by atoms with Gasteiger partial charge in [-0.2, -0.15) is 0 Å². The molecule has 1 amide bonds. The second-order valence-corrected chi connectivity index (χ2v) is 1.88. The normalized spacial score (nSPS) is 8.78. The quantitative estimate of drug-likeness (QED) is 0.494. The second-order valence-electron chi connectivity index (χ2n) is 1.88. The molecule has 0 saturated carbocycles. The molecule has 0 atom stereocenters. The molecule has 52 valence electrons. The summed E-state index contributed by atoms with van der Waals surface area (Å²) in [6.07, 6.45) is 0. The van der Waals surface area contributed by atoms with E-state index in [4.69, 9.17) is 0 Å². The fourth-order valence-electron chi connectivity index (χ4n) is 0.412. The van der Waals surface area contributed by atoms with Gasteiger partial charge in [0.25, 0.3) is 5.91 Å². The van der Waals surface area contributed by atoms with E-state index in [2.05, 4.69) is 0 Å². The van der Waals surface area contributed by atoms with E-state index < -0.39 is 11.7 Å². The summed E-state index contributed by atoms with van der Waals surface area (Å²) < 4.78 is 0. The summed E-state index contributed by atoms with van der Waals surface area (Å²) in [6.45, 7) is 3.67. The van der Waals surface area contributed by atoms with Gasteiger partial charge in [0.15, 0.2) is 0 Å². The number of amides is 1. The SMILES string of the molecule is CCN(C)C(=O)C(C)=O. The molecular formula is C6H11NO2. The van der Waals surface area contributed by atoms with Gasteiger partial charge < -0.3 is 4.90 Å². The van der Waals surface area contributed by atoms with Crippen LogP contribution in [0.2, 0.25) is 0 Å². The standard InChI is InChI=1S/C6H11NO2/c1-4-7(3)6(9)5(2)8/h4H2,1-3H3. The van der Waals surface area contributed by atoms with Gasteiger partial charge in [-0.1, -0.05) is 0 Å². The highest BCUT2D eigenvalue weighted by molar-refractivity contribution is 6.34. The van der Waals surface area contributed by atoms with E-state index in [0.29, 0.717) is 6.54 Å². The highest BCUT2D eigenvalue weighted by atomic mass is 16.2. The maximum Gasteiger partial charge on any atom is 0.289 e. The third kappa shape index (κ3) is 2.26. The van der Waals surface area contributed by atoms with Crippen LogP contribution >= 0.6 is 0 Å². The number of hydrogen-bond donors (Lipinski definition) is 0. The fraction of sp³-hybridized carbons (Fsp3) is 0.667. The largest absolute Gasteiger partial charge is 0.339 e. The van der Waals surface area contributed by atoms with Crippen LogP contribution in [0, 0.1) is 0 Å². The number of Topliss-reactive ketones (excluding diaryl/α,β-unsaturated/α-hetero) is 1. The number of carbonyl (C=O) groups excluding carboxylic acids is 2. The van der Waals surface area contributed by atoms with E-state index in [0.717, 1.165) is 0 Å². The van der Waals surface area contributed by atoms with Crippen molar-refractivity contribution in [2.75, 3.05) is 13.6 Å². The van der Waals surface area contributed by atoms with Crippen molar-refractivity contribution in [3.05, 3.63) is 0 Å². The summed E-state index contributed by atoms with van der Waals surface area (Å²) in [5.74, 6) is -0.822. The topological polar surface area (TPSA) is 37.4 Å². The van der Waals surface area contributed by atoms with E-state index >= 15 is 0 Å². The lowest BCUT2D eigenvalue weighted by molar-refractivity contribution is -0.142. The Kier molecular flexibility index (Phi) is 2.91. The monoisotopic (exact) mass is 129 g/mol. The maximum atomic E-state index is 10.7. The van der Waals surface area contributed by atoms with Crippen LogP contribution in [0.3, 0.4) is 0 Å². The van der Waals surface area contributed by atoms with Crippen LogP contribution in [0.15, 0.2) is 0 Å². The Morgan fingerprint density at radius 3 is 2.00 bits per heavy atom. The van der Waals surface area contributed by atoms with Crippen molar-refractivity contribution in [3.8, 4) is 0 Å². The molecule has 0 aliphatic carbocycles. The Hall–Kier alpha value is -0.860. The third-order valence-corrected chi connectivity index (χ3v) is 1.12. The van der Waals surface area contributed by atoms with Gasteiger partial charge in [0.2, 0.25) is 5.78 Å². The number of carbonyl (C=O) groups is 2. The van der Waals surface area contributed by atoms with E-state index in [1.807, 2.05) is 6.92 Å². The minimum absolute atomic E-state index is 0.403. The van der Waals surface area contributed by atoms with Crippen LogP contribution < -0.4 is 0 Å². The van der Waals surface area contributed by atoms with Crippen molar-refractivity contribution >= 4 is 11.7 Å². The Morgan fingerprint density at radius 1 is 1.44 bits per heavy atom. The van der Waals surface area contributed by atoms with Gasteiger partial charge in [-0.25, -0.2) is 0 Å². The van der Waals surface area contributed by atoms with Gasteiger partial charge in [0, 0.05) is 20.5 Å². The van der Waals surface area contributed by atoms with Crippen molar-refractivity contribution in [3.63, 3.8) is 0 Å². The van der Waals surface area contributed by atoms with Gasteiger partial charge in [0.05, 0.1) is 0 Å². The van der Waals surface area contributed by atoms with Crippen molar-refractivity contribution in [2.45, 2.75) is 13.8 Å². The molecular weight excluding hydrogens is 118 g/mol. The van der Waals surface area contributed by atoms with Crippen molar-refractivity contribution in [1.29, 1.82) is 0 Å². The smallest absolute Gasteiger partial charge is 0.289 e. The van der Waals surface area contributed by atoms with E-state index in [-0.39, 0.29) is 0 Å². The molecule has 0 spiro atoms. The van der Waals surface area contributed by atoms with Crippen molar-refractivity contribution in [2.24, 2.45) is 0 Å². The summed E-state index contributed by atoms with van der Waals surface area (Å²) in [4.78, 5) is 22.4. The van der Waals surface area contributed by atoms with E-state index in [9.17, 15) is 9.59 Å². The summed E-state index contributed by atoms with van der Waals surface area (Å²) in [5.41, 5.74) is 0. The number of likely N-dealkylation sites (N-methyl/N-ethyl adjacent to an activating group) is 1. The van der Waals surface area contributed by atoms with E-state index in [1.165, 1.54) is 11.8 Å². The molecule has 0 bridgehead atoms. The molecule has 0 saturated heterocycles. The molecule has 3 nitrogen and oxygen atoms in total. The summed E-state index contributed by atoms with van der Waals surface area (Å²) >= 11 is 0. The van der Waals surface area contributed by atoms with Gasteiger partial charge in [-0.05, 0) is 6.92 Å². The van der Waals surface area contributed by atoms with Crippen LogP contribution in [0.5, 0.6) is 0 Å². The zero-order valence-corrected chi connectivity index (χ0v) is 5.97. The van der Waals surface area contributed by atoms with Crippen LogP contribution in [0.1, 0.15) is 13.8 Å². The lowest BCUT2D eigenvalue weighted by Crippen LogP contribution is -2.31. The Morgan fingerprint density at radius 2 is 1.89 bits per heavy atom. The van der Waals surface area contributed by atoms with Crippen LogP contribution in [-0.2, 0) is 9.59 Å². The van der Waals surface area contributed by atoms with Gasteiger partial charge >= 0.3 is 0 Å². The molecule has 0 aromatic carbocycles. The number of hydrogen-bond acceptors (Lipinski definition) is 2. The Labute approximate surface area is 54.6 Å². The minimum atomic E-state index is -0.419. The molecule has 9 heavy (non-hydrogen) atoms. The highest BCUT2D eigenvalue weighted by Crippen LogP contribution is 1.83. The second kappa shape index (κ2) is 3.22. The number of nitrogens with zero attached hydrogens (tertiary/aromatic N) is 1. The first-order valence-electron chi connectivity index (χ1n) is 2.85. The zero-order valence-electron chi connectivity index (χ0n) is 5.97. The minimum Gasteiger partial charge on any atom is -0.339 e. The van der Waals surface area contributed by atoms with E-state index in [1.54, 1.807) is 7.05 Å². The first kappa shape index (κ1) is 8.14. The van der Waals surface area contributed by atoms with Gasteiger partial charge in [0.1, 0.15) is 0 Å². The molecule has 0 N–H and O–H groups in total.